The molecule has 2 aliphatic heterocycles. The molecule has 1 fully saturated rings. The van der Waals surface area contributed by atoms with Crippen molar-refractivity contribution in [2.75, 3.05) is 13.6 Å². The van der Waals surface area contributed by atoms with E-state index in [4.69, 9.17) is 9.47 Å². The van der Waals surface area contributed by atoms with E-state index >= 15 is 0 Å². The number of esters is 1. The molecule has 1 spiro atoms. The lowest BCUT2D eigenvalue weighted by Crippen LogP contribution is -2.74. The molecule has 0 amide bonds. The Bertz CT molecular complexity index is 1160. The van der Waals surface area contributed by atoms with Crippen LogP contribution in [0.25, 0.3) is 0 Å². The van der Waals surface area contributed by atoms with E-state index in [1.807, 2.05) is 19.2 Å². The number of carbonyl (C=O) groups excluding carboxylic acids is 1. The van der Waals surface area contributed by atoms with Gasteiger partial charge in [0.15, 0.2) is 6.10 Å². The van der Waals surface area contributed by atoms with E-state index in [1.165, 1.54) is 24.3 Å². The molecule has 2 bridgehead atoms. The van der Waals surface area contributed by atoms with Crippen LogP contribution in [0.5, 0.6) is 11.5 Å². The molecule has 2 heterocycles. The Labute approximate surface area is 185 Å². The molecule has 0 saturated carbocycles. The Morgan fingerprint density at radius 3 is 2.78 bits per heavy atom. The summed E-state index contributed by atoms with van der Waals surface area (Å²) in [4.78, 5) is 15.1. The summed E-state index contributed by atoms with van der Waals surface area (Å²) in [6.07, 6.45) is 2.84. The van der Waals surface area contributed by atoms with Gasteiger partial charge >= 0.3 is 5.97 Å². The highest BCUT2D eigenvalue weighted by molar-refractivity contribution is 5.90. The Balaban J connectivity index is 1.47. The van der Waals surface area contributed by atoms with E-state index in [2.05, 4.69) is 4.90 Å². The van der Waals surface area contributed by atoms with Gasteiger partial charge in [0.25, 0.3) is 0 Å². The average molecular weight is 435 g/mol. The number of hydrogen-bond donors (Lipinski definition) is 3. The molecule has 7 heteroatoms. The van der Waals surface area contributed by atoms with E-state index in [0.29, 0.717) is 41.9 Å². The van der Waals surface area contributed by atoms with E-state index in [9.17, 15) is 20.1 Å². The first-order valence-electron chi connectivity index (χ1n) is 11.0. The molecule has 32 heavy (non-hydrogen) atoms. The number of likely N-dealkylation sites (tertiary alicyclic amines) is 1. The van der Waals surface area contributed by atoms with Gasteiger partial charge in [0.1, 0.15) is 17.3 Å². The number of phenols is 1. The van der Waals surface area contributed by atoms with Crippen molar-refractivity contribution in [3.8, 4) is 11.5 Å². The van der Waals surface area contributed by atoms with Crippen molar-refractivity contribution in [1.29, 1.82) is 0 Å². The predicted octanol–water partition coefficient (Wildman–Crippen LogP) is 2.02. The summed E-state index contributed by atoms with van der Waals surface area (Å²) in [7, 11) is 2.04. The monoisotopic (exact) mass is 435 g/mol. The predicted molar refractivity (Wildman–Crippen MR) is 114 cm³/mol. The lowest BCUT2D eigenvalue weighted by atomic mass is 9.50. The normalized spacial score (nSPS) is 32.0. The van der Waals surface area contributed by atoms with Crippen LogP contribution in [-0.2, 0) is 23.2 Å². The lowest BCUT2D eigenvalue weighted by molar-refractivity contribution is -0.163. The number of aliphatic hydroxyl groups excluding tert-OH is 1. The van der Waals surface area contributed by atoms with Crippen LogP contribution in [0.2, 0.25) is 0 Å². The first kappa shape index (κ1) is 19.8. The van der Waals surface area contributed by atoms with Crippen LogP contribution in [0, 0.1) is 0 Å². The molecular weight excluding hydrogens is 410 g/mol. The highest BCUT2D eigenvalue weighted by atomic mass is 16.6. The number of hydrogen-bond acceptors (Lipinski definition) is 7. The number of nitrogens with zero attached hydrogens (tertiary/aromatic N) is 1. The van der Waals surface area contributed by atoms with Crippen LogP contribution in [0.4, 0.5) is 0 Å². The smallest absolute Gasteiger partial charge is 0.343 e. The van der Waals surface area contributed by atoms with E-state index in [0.717, 1.165) is 17.7 Å². The number of phenolic OH excluding ortho intramolecular Hbond substituents is 1. The zero-order valence-electron chi connectivity index (χ0n) is 17.7. The second kappa shape index (κ2) is 6.57. The summed E-state index contributed by atoms with van der Waals surface area (Å²) >= 11 is 0. The maximum Gasteiger partial charge on any atom is 0.343 e. The Morgan fingerprint density at radius 1 is 1.25 bits per heavy atom. The fourth-order valence-electron chi connectivity index (χ4n) is 6.39. The number of aromatic hydroxyl groups is 1. The number of likely N-dealkylation sites (N-methyl/N-ethyl adjacent to an activating group) is 1. The number of aliphatic hydroxyl groups is 2. The van der Waals surface area contributed by atoms with E-state index in [-0.39, 0.29) is 18.4 Å². The molecule has 0 radical (unpaired) electrons. The van der Waals surface area contributed by atoms with Crippen LogP contribution in [-0.4, -0.2) is 57.5 Å². The third-order valence-electron chi connectivity index (χ3n) is 7.94. The molecule has 1 unspecified atom stereocenters. The molecule has 2 aliphatic carbocycles. The van der Waals surface area contributed by atoms with Crippen molar-refractivity contribution in [3.63, 3.8) is 0 Å². The summed E-state index contributed by atoms with van der Waals surface area (Å²) in [5.74, 6) is 0.537. The molecule has 2 aromatic carbocycles. The molecule has 0 aromatic heterocycles. The van der Waals surface area contributed by atoms with Crippen LogP contribution in [0.15, 0.2) is 48.2 Å². The number of piperidine rings is 1. The molecule has 7 nitrogen and oxygen atoms in total. The van der Waals surface area contributed by atoms with Crippen molar-refractivity contribution in [2.45, 2.75) is 49.0 Å². The largest absolute Gasteiger partial charge is 0.508 e. The Morgan fingerprint density at radius 2 is 2.03 bits per heavy atom. The lowest BCUT2D eigenvalue weighted by Gasteiger charge is -2.61. The topological polar surface area (TPSA) is 99.5 Å². The summed E-state index contributed by atoms with van der Waals surface area (Å²) in [5, 5.41) is 31.6. The minimum atomic E-state index is -1.06. The van der Waals surface area contributed by atoms with Gasteiger partial charge in [-0.15, -0.1) is 0 Å². The Kier molecular flexibility index (Phi) is 4.06. The Hall–Kier alpha value is -2.87. The van der Waals surface area contributed by atoms with Gasteiger partial charge in [-0.25, -0.2) is 4.79 Å². The number of benzene rings is 2. The number of carbonyl (C=O) groups is 1. The van der Waals surface area contributed by atoms with Gasteiger partial charge in [0.05, 0.1) is 23.2 Å². The second-order valence-corrected chi connectivity index (χ2v) is 9.34. The van der Waals surface area contributed by atoms with Crippen LogP contribution in [0.3, 0.4) is 0 Å². The minimum absolute atomic E-state index is 0.0700. The van der Waals surface area contributed by atoms with Crippen LogP contribution < -0.4 is 4.74 Å². The SMILES string of the molecule is CN1CC[C@]23c4c5ccc(CO)c4OC2C(OC(=O)c2ccc(O)cc2)=CC[C@@]3(O)[C@H]1C5. The molecule has 4 aliphatic rings. The molecule has 2 aromatic rings. The molecule has 1 saturated heterocycles. The van der Waals surface area contributed by atoms with Gasteiger partial charge in [0, 0.05) is 23.6 Å². The van der Waals surface area contributed by atoms with Gasteiger partial charge in [0.2, 0.25) is 0 Å². The zero-order chi connectivity index (χ0) is 22.3. The second-order valence-electron chi connectivity index (χ2n) is 9.34. The first-order chi connectivity index (χ1) is 15.4. The van der Waals surface area contributed by atoms with E-state index in [1.54, 1.807) is 6.08 Å². The highest BCUT2D eigenvalue weighted by Gasteiger charge is 2.71. The van der Waals surface area contributed by atoms with Gasteiger partial charge in [-0.2, -0.15) is 0 Å². The molecule has 166 valence electrons. The van der Waals surface area contributed by atoms with Crippen molar-refractivity contribution >= 4 is 5.97 Å². The molecule has 3 N–H and O–H groups in total. The maximum atomic E-state index is 12.9. The standard InChI is InChI=1S/C25H25NO6/c1-26-11-10-24-20-15-2-3-16(13-27)21(20)32-22(24)18(8-9-25(24,30)19(26)12-15)31-23(29)14-4-6-17(28)7-5-14/h2-8,19,22,27-28,30H,9-13H2,1H3/t19-,22?,24+,25-/m1/s1. The molecule has 6 rings (SSSR count). The fraction of sp³-hybridized carbons (Fsp3) is 0.400. The van der Waals surface area contributed by atoms with Gasteiger partial charge in [-0.05, 0) is 62.3 Å². The third-order valence-corrected chi connectivity index (χ3v) is 7.94. The summed E-state index contributed by atoms with van der Waals surface area (Å²) in [6, 6.07) is 9.73. The summed E-state index contributed by atoms with van der Waals surface area (Å²) in [5.41, 5.74) is 1.28. The van der Waals surface area contributed by atoms with Crippen molar-refractivity contribution in [3.05, 3.63) is 70.5 Å². The minimum Gasteiger partial charge on any atom is -0.508 e. The molecular formula is C25H25NO6. The number of rotatable bonds is 3. The van der Waals surface area contributed by atoms with Crippen LogP contribution in [0.1, 0.15) is 39.9 Å². The zero-order valence-corrected chi connectivity index (χ0v) is 17.7. The first-order valence-corrected chi connectivity index (χ1v) is 11.0. The van der Waals surface area contributed by atoms with Crippen molar-refractivity contribution in [1.82, 2.24) is 4.90 Å². The quantitative estimate of drug-likeness (QED) is 0.635. The summed E-state index contributed by atoms with van der Waals surface area (Å²) in [6.45, 7) is 0.619. The van der Waals surface area contributed by atoms with Crippen molar-refractivity contribution in [2.24, 2.45) is 0 Å². The van der Waals surface area contributed by atoms with Crippen LogP contribution >= 0.6 is 0 Å². The molecule has 4 atom stereocenters. The third kappa shape index (κ3) is 2.33. The average Bonchev–Trinajstić information content (AvgIpc) is 3.14. The maximum absolute atomic E-state index is 12.9. The number of ether oxygens (including phenoxy) is 2. The summed E-state index contributed by atoms with van der Waals surface area (Å²) < 4.78 is 12.3. The van der Waals surface area contributed by atoms with Crippen molar-refractivity contribution < 1.29 is 29.6 Å². The van der Waals surface area contributed by atoms with Gasteiger partial charge in [-0.3, -0.25) is 0 Å². The van der Waals surface area contributed by atoms with Gasteiger partial charge in [-0.1, -0.05) is 12.1 Å². The van der Waals surface area contributed by atoms with E-state index < -0.39 is 23.1 Å². The van der Waals surface area contributed by atoms with Gasteiger partial charge < -0.3 is 29.7 Å². The highest BCUT2D eigenvalue weighted by Crippen LogP contribution is 2.64. The fourth-order valence-corrected chi connectivity index (χ4v) is 6.39.